The minimum Gasteiger partial charge on any atom is -0.479 e. The molecule has 7 heteroatoms. The molecule has 0 saturated heterocycles. The van der Waals surface area contributed by atoms with E-state index in [0.29, 0.717) is 12.0 Å². The van der Waals surface area contributed by atoms with E-state index in [1.165, 1.54) is 31.2 Å². The third-order valence-corrected chi connectivity index (χ3v) is 4.63. The van der Waals surface area contributed by atoms with E-state index in [1.54, 1.807) is 6.92 Å². The SMILES string of the molecule is CCCS(=O)(=O)C(OC(C)c1ccc(F)cc1)C(=O)O. The lowest BCUT2D eigenvalue weighted by Crippen LogP contribution is -2.35. The van der Waals surface area contributed by atoms with E-state index in [-0.39, 0.29) is 5.75 Å². The lowest BCUT2D eigenvalue weighted by molar-refractivity contribution is -0.147. The van der Waals surface area contributed by atoms with Gasteiger partial charge >= 0.3 is 5.97 Å². The van der Waals surface area contributed by atoms with Gasteiger partial charge in [0, 0.05) is 0 Å². The average molecular weight is 304 g/mol. The molecule has 0 aliphatic rings. The van der Waals surface area contributed by atoms with Crippen LogP contribution in [0.15, 0.2) is 24.3 Å². The Morgan fingerprint density at radius 1 is 1.35 bits per heavy atom. The molecule has 0 spiro atoms. The summed E-state index contributed by atoms with van der Waals surface area (Å²) in [5.74, 6) is -2.25. The molecule has 0 bridgehead atoms. The molecule has 5 nitrogen and oxygen atoms in total. The molecule has 0 amide bonds. The van der Waals surface area contributed by atoms with Crippen molar-refractivity contribution in [1.82, 2.24) is 0 Å². The van der Waals surface area contributed by atoms with Crippen LogP contribution in [-0.2, 0) is 19.4 Å². The second-order valence-corrected chi connectivity index (χ2v) is 6.53. The molecule has 1 rings (SSSR count). The molecule has 20 heavy (non-hydrogen) atoms. The number of halogens is 1. The largest absolute Gasteiger partial charge is 0.479 e. The summed E-state index contributed by atoms with van der Waals surface area (Å²) in [6.45, 7) is 3.16. The molecule has 0 aromatic heterocycles. The van der Waals surface area contributed by atoms with Crippen LogP contribution in [0.3, 0.4) is 0 Å². The number of carboxylic acids is 1. The Balaban J connectivity index is 2.91. The van der Waals surface area contributed by atoms with E-state index in [1.807, 2.05) is 0 Å². The molecule has 0 saturated carbocycles. The fraction of sp³-hybridized carbons (Fsp3) is 0.462. The zero-order chi connectivity index (χ0) is 15.3. The van der Waals surface area contributed by atoms with Crippen LogP contribution in [0.4, 0.5) is 4.39 Å². The highest BCUT2D eigenvalue weighted by Crippen LogP contribution is 2.21. The van der Waals surface area contributed by atoms with Gasteiger partial charge in [-0.25, -0.2) is 17.6 Å². The van der Waals surface area contributed by atoms with Gasteiger partial charge in [0.05, 0.1) is 11.9 Å². The van der Waals surface area contributed by atoms with E-state index >= 15 is 0 Å². The number of rotatable bonds is 7. The summed E-state index contributed by atoms with van der Waals surface area (Å²) in [7, 11) is -3.88. The van der Waals surface area contributed by atoms with Gasteiger partial charge in [0.15, 0.2) is 9.84 Å². The Kier molecular flexibility index (Phi) is 5.64. The molecule has 1 aromatic rings. The highest BCUT2D eigenvalue weighted by Gasteiger charge is 2.34. The van der Waals surface area contributed by atoms with Crippen LogP contribution < -0.4 is 0 Å². The van der Waals surface area contributed by atoms with E-state index in [4.69, 9.17) is 9.84 Å². The number of sulfone groups is 1. The van der Waals surface area contributed by atoms with Gasteiger partial charge in [-0.3, -0.25) is 0 Å². The highest BCUT2D eigenvalue weighted by atomic mass is 32.2. The van der Waals surface area contributed by atoms with Crippen LogP contribution in [-0.4, -0.2) is 30.7 Å². The van der Waals surface area contributed by atoms with Gasteiger partial charge in [0.1, 0.15) is 5.82 Å². The van der Waals surface area contributed by atoms with Gasteiger partial charge in [-0.1, -0.05) is 19.1 Å². The molecular weight excluding hydrogens is 287 g/mol. The van der Waals surface area contributed by atoms with Crippen molar-refractivity contribution in [2.45, 2.75) is 31.8 Å². The van der Waals surface area contributed by atoms with Gasteiger partial charge in [0.25, 0.3) is 5.44 Å². The van der Waals surface area contributed by atoms with Crippen LogP contribution in [0.5, 0.6) is 0 Å². The maximum Gasteiger partial charge on any atom is 0.348 e. The molecule has 112 valence electrons. The van der Waals surface area contributed by atoms with Crippen molar-refractivity contribution in [3.05, 3.63) is 35.6 Å². The minimum absolute atomic E-state index is 0.264. The van der Waals surface area contributed by atoms with Crippen molar-refractivity contribution in [1.29, 1.82) is 0 Å². The first-order valence-corrected chi connectivity index (χ1v) is 7.84. The quantitative estimate of drug-likeness (QED) is 0.834. The number of hydrogen-bond donors (Lipinski definition) is 1. The summed E-state index contributed by atoms with van der Waals surface area (Å²) >= 11 is 0. The first-order valence-electron chi connectivity index (χ1n) is 6.13. The monoisotopic (exact) mass is 304 g/mol. The van der Waals surface area contributed by atoms with Crippen molar-refractivity contribution in [2.75, 3.05) is 5.75 Å². The lowest BCUT2D eigenvalue weighted by atomic mass is 10.1. The number of carbonyl (C=O) groups is 1. The molecule has 1 N–H and O–H groups in total. The number of benzene rings is 1. The van der Waals surface area contributed by atoms with Crippen LogP contribution in [0, 0.1) is 5.82 Å². The van der Waals surface area contributed by atoms with E-state index in [9.17, 15) is 17.6 Å². The van der Waals surface area contributed by atoms with Crippen LogP contribution >= 0.6 is 0 Å². The summed E-state index contributed by atoms with van der Waals surface area (Å²) in [6.07, 6.45) is -0.469. The standard InChI is InChI=1S/C13H17FO5S/c1-3-8-20(17,18)13(12(15)16)19-9(2)10-4-6-11(14)7-5-10/h4-7,9,13H,3,8H2,1-2H3,(H,15,16). The lowest BCUT2D eigenvalue weighted by Gasteiger charge is -2.19. The Labute approximate surface area is 117 Å². The molecule has 2 atom stereocenters. The van der Waals surface area contributed by atoms with Gasteiger partial charge in [0.2, 0.25) is 0 Å². The van der Waals surface area contributed by atoms with Crippen molar-refractivity contribution in [3.8, 4) is 0 Å². The summed E-state index contributed by atoms with van der Waals surface area (Å²) in [5, 5.41) is 9.01. The molecular formula is C13H17FO5S. The van der Waals surface area contributed by atoms with Crippen LogP contribution in [0.1, 0.15) is 31.9 Å². The second kappa shape index (κ2) is 6.81. The molecule has 1 aromatic carbocycles. The van der Waals surface area contributed by atoms with Gasteiger partial charge in [-0.15, -0.1) is 0 Å². The zero-order valence-corrected chi connectivity index (χ0v) is 12.1. The normalized spacial score (nSPS) is 14.8. The third kappa shape index (κ3) is 4.28. The first kappa shape index (κ1) is 16.6. The predicted octanol–water partition coefficient (Wildman–Crippen LogP) is 2.14. The number of carboxylic acid groups (broad SMARTS) is 1. The molecule has 0 aliphatic heterocycles. The van der Waals surface area contributed by atoms with E-state index in [0.717, 1.165) is 0 Å². The Hall–Kier alpha value is -1.47. The summed E-state index contributed by atoms with van der Waals surface area (Å²) in [6, 6.07) is 5.24. The fourth-order valence-corrected chi connectivity index (χ4v) is 3.11. The maximum absolute atomic E-state index is 12.8. The maximum atomic E-state index is 12.8. The van der Waals surface area contributed by atoms with Crippen molar-refractivity contribution < 1.29 is 27.4 Å². The second-order valence-electron chi connectivity index (χ2n) is 4.37. The topological polar surface area (TPSA) is 80.7 Å². The van der Waals surface area contributed by atoms with Crippen molar-refractivity contribution in [2.24, 2.45) is 0 Å². The average Bonchev–Trinajstić information content (AvgIpc) is 2.35. The van der Waals surface area contributed by atoms with Crippen LogP contribution in [0.2, 0.25) is 0 Å². The number of ether oxygens (including phenoxy) is 1. The summed E-state index contributed by atoms with van der Waals surface area (Å²) in [4.78, 5) is 11.1. The molecule has 0 radical (unpaired) electrons. The van der Waals surface area contributed by atoms with Gasteiger partial charge in [-0.2, -0.15) is 0 Å². The zero-order valence-electron chi connectivity index (χ0n) is 11.2. The smallest absolute Gasteiger partial charge is 0.348 e. The first-order chi connectivity index (χ1) is 9.27. The van der Waals surface area contributed by atoms with Crippen molar-refractivity contribution in [3.63, 3.8) is 0 Å². The minimum atomic E-state index is -3.88. The summed E-state index contributed by atoms with van der Waals surface area (Å²) < 4.78 is 41.6. The van der Waals surface area contributed by atoms with E-state index in [2.05, 4.69) is 0 Å². The van der Waals surface area contributed by atoms with Gasteiger partial charge in [-0.05, 0) is 31.0 Å². The number of hydrogen-bond acceptors (Lipinski definition) is 4. The van der Waals surface area contributed by atoms with Gasteiger partial charge < -0.3 is 9.84 Å². The fourth-order valence-electron chi connectivity index (χ4n) is 1.69. The Morgan fingerprint density at radius 3 is 2.35 bits per heavy atom. The van der Waals surface area contributed by atoms with Crippen LogP contribution in [0.25, 0.3) is 0 Å². The Bertz CT molecular complexity index is 553. The number of aliphatic carboxylic acids is 1. The Morgan fingerprint density at radius 2 is 1.90 bits per heavy atom. The summed E-state index contributed by atoms with van der Waals surface area (Å²) in [5.41, 5.74) is -1.41. The van der Waals surface area contributed by atoms with E-state index < -0.39 is 33.2 Å². The van der Waals surface area contributed by atoms with Crippen molar-refractivity contribution >= 4 is 15.8 Å². The predicted molar refractivity (Wildman–Crippen MR) is 71.4 cm³/mol. The highest BCUT2D eigenvalue weighted by molar-refractivity contribution is 7.92. The molecule has 0 heterocycles. The third-order valence-electron chi connectivity index (χ3n) is 2.68. The molecule has 2 unspecified atom stereocenters. The molecule has 0 aliphatic carbocycles. The molecule has 0 fully saturated rings.